The van der Waals surface area contributed by atoms with Gasteiger partial charge in [-0.15, -0.1) is 0 Å². The van der Waals surface area contributed by atoms with E-state index < -0.39 is 0 Å². The fourth-order valence-corrected chi connectivity index (χ4v) is 1.96. The molecule has 0 atom stereocenters. The first-order chi connectivity index (χ1) is 9.22. The van der Waals surface area contributed by atoms with Gasteiger partial charge < -0.3 is 9.14 Å². The van der Waals surface area contributed by atoms with E-state index in [2.05, 4.69) is 4.98 Å². The summed E-state index contributed by atoms with van der Waals surface area (Å²) < 4.78 is 20.2. The molecule has 96 valence electrons. The first-order valence-corrected chi connectivity index (χ1v) is 6.10. The second-order valence-electron chi connectivity index (χ2n) is 4.07. The van der Waals surface area contributed by atoms with Crippen molar-refractivity contribution in [1.29, 1.82) is 0 Å². The molecule has 0 N–H and O–H groups in total. The van der Waals surface area contributed by atoms with Gasteiger partial charge >= 0.3 is 0 Å². The van der Waals surface area contributed by atoms with E-state index in [-0.39, 0.29) is 5.82 Å². The molecular formula is C14H10ClFN2O. The minimum atomic E-state index is -0.281. The van der Waals surface area contributed by atoms with Gasteiger partial charge in [-0.1, -0.05) is 11.6 Å². The number of ether oxygens (including phenoxy) is 1. The fourth-order valence-electron chi connectivity index (χ4n) is 1.80. The van der Waals surface area contributed by atoms with Crippen LogP contribution in [-0.2, 0) is 6.61 Å². The Morgan fingerprint density at radius 3 is 2.79 bits per heavy atom. The van der Waals surface area contributed by atoms with Crippen molar-refractivity contribution in [2.24, 2.45) is 0 Å². The molecule has 0 bridgehead atoms. The lowest BCUT2D eigenvalue weighted by Crippen LogP contribution is -1.99. The molecule has 0 fully saturated rings. The molecule has 0 amide bonds. The number of aromatic nitrogens is 2. The Morgan fingerprint density at radius 1 is 1.21 bits per heavy atom. The first-order valence-electron chi connectivity index (χ1n) is 5.72. The monoisotopic (exact) mass is 276 g/mol. The summed E-state index contributed by atoms with van der Waals surface area (Å²) in [5, 5.41) is 0.643. The van der Waals surface area contributed by atoms with Gasteiger partial charge in [0, 0.05) is 11.2 Å². The molecule has 0 aliphatic heterocycles. The predicted octanol–water partition coefficient (Wildman–Crippen LogP) is 3.71. The number of hydrogen-bond acceptors (Lipinski definition) is 2. The number of nitrogens with zero attached hydrogens (tertiary/aromatic N) is 2. The van der Waals surface area contributed by atoms with Gasteiger partial charge in [0.05, 0.1) is 11.9 Å². The molecule has 0 aliphatic rings. The molecule has 19 heavy (non-hydrogen) atoms. The lowest BCUT2D eigenvalue weighted by Gasteiger charge is -2.06. The van der Waals surface area contributed by atoms with Gasteiger partial charge in [0.25, 0.3) is 0 Å². The standard InChI is InChI=1S/C14H10ClFN2O/c15-10-5-6-18-12(8-17-14(18)7-10)9-19-13-3-1-11(16)2-4-13/h1-8H,9H2. The van der Waals surface area contributed by atoms with Crippen molar-refractivity contribution < 1.29 is 9.13 Å². The van der Waals surface area contributed by atoms with Crippen LogP contribution in [-0.4, -0.2) is 9.38 Å². The number of pyridine rings is 1. The number of fused-ring (bicyclic) bond motifs is 1. The summed E-state index contributed by atoms with van der Waals surface area (Å²) in [6, 6.07) is 9.48. The van der Waals surface area contributed by atoms with Crippen LogP contribution < -0.4 is 4.74 Å². The lowest BCUT2D eigenvalue weighted by atomic mass is 10.3. The normalized spacial score (nSPS) is 10.8. The minimum Gasteiger partial charge on any atom is -0.487 e. The van der Waals surface area contributed by atoms with Crippen molar-refractivity contribution in [1.82, 2.24) is 9.38 Å². The van der Waals surface area contributed by atoms with Crippen molar-refractivity contribution >= 4 is 17.2 Å². The van der Waals surface area contributed by atoms with Crippen molar-refractivity contribution in [3.05, 3.63) is 65.3 Å². The molecular weight excluding hydrogens is 267 g/mol. The number of benzene rings is 1. The Morgan fingerprint density at radius 2 is 2.00 bits per heavy atom. The van der Waals surface area contributed by atoms with Crippen LogP contribution in [0.2, 0.25) is 5.02 Å². The zero-order valence-corrected chi connectivity index (χ0v) is 10.6. The topological polar surface area (TPSA) is 26.5 Å². The van der Waals surface area contributed by atoms with Gasteiger partial charge in [0.1, 0.15) is 23.8 Å². The maximum absolute atomic E-state index is 12.8. The highest BCUT2D eigenvalue weighted by molar-refractivity contribution is 6.30. The van der Waals surface area contributed by atoms with Crippen LogP contribution in [0, 0.1) is 5.82 Å². The highest BCUT2D eigenvalue weighted by atomic mass is 35.5. The number of rotatable bonds is 3. The van der Waals surface area contributed by atoms with Crippen LogP contribution in [0.3, 0.4) is 0 Å². The average Bonchev–Trinajstić information content (AvgIpc) is 2.80. The molecule has 3 rings (SSSR count). The lowest BCUT2D eigenvalue weighted by molar-refractivity contribution is 0.300. The Hall–Kier alpha value is -2.07. The molecule has 2 aromatic heterocycles. The van der Waals surface area contributed by atoms with Gasteiger partial charge in [0.2, 0.25) is 0 Å². The Labute approximate surface area is 114 Å². The zero-order valence-electron chi connectivity index (χ0n) is 9.88. The Bertz CT molecular complexity index is 709. The van der Waals surface area contributed by atoms with Crippen LogP contribution >= 0.6 is 11.6 Å². The van der Waals surface area contributed by atoms with E-state index in [1.807, 2.05) is 10.6 Å². The van der Waals surface area contributed by atoms with Crippen molar-refractivity contribution in [3.63, 3.8) is 0 Å². The molecule has 5 heteroatoms. The second kappa shape index (κ2) is 4.90. The maximum atomic E-state index is 12.8. The Balaban J connectivity index is 1.80. The summed E-state index contributed by atoms with van der Waals surface area (Å²) in [5.41, 5.74) is 1.67. The highest BCUT2D eigenvalue weighted by Gasteiger charge is 2.04. The molecule has 0 saturated heterocycles. The van der Waals surface area contributed by atoms with E-state index in [1.54, 1.807) is 30.5 Å². The van der Waals surface area contributed by atoms with Gasteiger partial charge in [-0.2, -0.15) is 0 Å². The zero-order chi connectivity index (χ0) is 13.2. The van der Waals surface area contributed by atoms with Gasteiger partial charge in [-0.05, 0) is 36.4 Å². The molecule has 0 unspecified atom stereocenters. The minimum absolute atomic E-state index is 0.281. The van der Waals surface area contributed by atoms with Crippen molar-refractivity contribution in [3.8, 4) is 5.75 Å². The van der Waals surface area contributed by atoms with E-state index in [0.717, 1.165) is 11.3 Å². The SMILES string of the molecule is Fc1ccc(OCc2cnc3cc(Cl)ccn23)cc1. The second-order valence-corrected chi connectivity index (χ2v) is 4.50. The molecule has 3 nitrogen and oxygen atoms in total. The van der Waals surface area contributed by atoms with Crippen LogP contribution in [0.5, 0.6) is 5.75 Å². The van der Waals surface area contributed by atoms with E-state index in [9.17, 15) is 4.39 Å². The third-order valence-corrected chi connectivity index (χ3v) is 2.99. The van der Waals surface area contributed by atoms with E-state index >= 15 is 0 Å². The highest BCUT2D eigenvalue weighted by Crippen LogP contribution is 2.16. The van der Waals surface area contributed by atoms with Crippen molar-refractivity contribution in [2.45, 2.75) is 6.61 Å². The summed E-state index contributed by atoms with van der Waals surface area (Å²) in [6.07, 6.45) is 3.57. The van der Waals surface area contributed by atoms with Gasteiger partial charge in [-0.25, -0.2) is 9.37 Å². The van der Waals surface area contributed by atoms with Crippen LogP contribution in [0.15, 0.2) is 48.8 Å². The van der Waals surface area contributed by atoms with Crippen LogP contribution in [0.4, 0.5) is 4.39 Å². The third kappa shape index (κ3) is 2.53. The average molecular weight is 277 g/mol. The molecule has 1 aromatic carbocycles. The maximum Gasteiger partial charge on any atom is 0.138 e. The summed E-state index contributed by atoms with van der Waals surface area (Å²) in [7, 11) is 0. The molecule has 2 heterocycles. The molecule has 0 radical (unpaired) electrons. The summed E-state index contributed by atoms with van der Waals surface area (Å²) >= 11 is 5.90. The van der Waals surface area contributed by atoms with Crippen molar-refractivity contribution in [2.75, 3.05) is 0 Å². The largest absolute Gasteiger partial charge is 0.487 e. The van der Waals surface area contributed by atoms with Gasteiger partial charge in [0.15, 0.2) is 0 Å². The summed E-state index contributed by atoms with van der Waals surface area (Å²) in [6.45, 7) is 0.356. The summed E-state index contributed by atoms with van der Waals surface area (Å²) in [5.74, 6) is 0.335. The first kappa shape index (κ1) is 12.0. The van der Waals surface area contributed by atoms with E-state index in [0.29, 0.717) is 17.4 Å². The van der Waals surface area contributed by atoms with E-state index in [4.69, 9.17) is 16.3 Å². The number of halogens is 2. The smallest absolute Gasteiger partial charge is 0.138 e. The third-order valence-electron chi connectivity index (χ3n) is 2.75. The Kier molecular flexibility index (Phi) is 3.09. The molecule has 0 spiro atoms. The van der Waals surface area contributed by atoms with Gasteiger partial charge in [-0.3, -0.25) is 0 Å². The van der Waals surface area contributed by atoms with Crippen LogP contribution in [0.1, 0.15) is 5.69 Å². The predicted molar refractivity (Wildman–Crippen MR) is 70.9 cm³/mol. The molecule has 0 aliphatic carbocycles. The van der Waals surface area contributed by atoms with E-state index in [1.165, 1.54) is 12.1 Å². The van der Waals surface area contributed by atoms with Crippen LogP contribution in [0.25, 0.3) is 5.65 Å². The number of hydrogen-bond donors (Lipinski definition) is 0. The quantitative estimate of drug-likeness (QED) is 0.729. The molecule has 3 aromatic rings. The summed E-state index contributed by atoms with van der Waals surface area (Å²) in [4.78, 5) is 4.24. The molecule has 0 saturated carbocycles. The number of imidazole rings is 1. The fraction of sp³-hybridized carbons (Fsp3) is 0.0714.